The van der Waals surface area contributed by atoms with Crippen LogP contribution in [0, 0.1) is 5.92 Å². The first-order valence-corrected chi connectivity index (χ1v) is 9.55. The summed E-state index contributed by atoms with van der Waals surface area (Å²) in [6, 6.07) is 4.96. The number of benzene rings is 1. The standard InChI is InChI=1S/C16H20F3NO3S/c17-16(18,19)24(21,22)14-5-3-13(4-6-14)20-9-7-12(8-10-20)15-2-1-11-23-15/h3-6,12,15H,1-2,7-11H2. The maximum atomic E-state index is 12.6. The Kier molecular flexibility index (Phi) is 4.79. The number of ether oxygens (including phenoxy) is 1. The molecule has 2 heterocycles. The molecule has 0 saturated carbocycles. The van der Waals surface area contributed by atoms with Gasteiger partial charge in [0.25, 0.3) is 9.84 Å². The third-order valence-electron chi connectivity index (χ3n) is 4.85. The lowest BCUT2D eigenvalue weighted by Gasteiger charge is -2.35. The van der Waals surface area contributed by atoms with Crippen LogP contribution in [-0.4, -0.2) is 39.7 Å². The lowest BCUT2D eigenvalue weighted by atomic mass is 9.89. The average molecular weight is 363 g/mol. The highest BCUT2D eigenvalue weighted by molar-refractivity contribution is 7.92. The molecule has 1 aromatic carbocycles. The van der Waals surface area contributed by atoms with Crippen LogP contribution in [0.15, 0.2) is 29.2 Å². The Hall–Kier alpha value is -1.28. The van der Waals surface area contributed by atoms with Crippen molar-refractivity contribution in [3.63, 3.8) is 0 Å². The highest BCUT2D eigenvalue weighted by atomic mass is 32.2. The molecule has 2 fully saturated rings. The number of hydrogen-bond acceptors (Lipinski definition) is 4. The van der Waals surface area contributed by atoms with Gasteiger partial charge in [-0.2, -0.15) is 13.2 Å². The van der Waals surface area contributed by atoms with E-state index in [0.717, 1.165) is 63.2 Å². The molecular weight excluding hydrogens is 343 g/mol. The van der Waals surface area contributed by atoms with E-state index in [1.165, 1.54) is 12.1 Å². The fourth-order valence-electron chi connectivity index (χ4n) is 3.47. The predicted octanol–water partition coefficient (Wildman–Crippen LogP) is 3.38. The van der Waals surface area contributed by atoms with Gasteiger partial charge in [0.15, 0.2) is 0 Å². The zero-order chi connectivity index (χ0) is 17.4. The van der Waals surface area contributed by atoms with Gasteiger partial charge in [-0.1, -0.05) is 0 Å². The van der Waals surface area contributed by atoms with E-state index in [2.05, 4.69) is 4.90 Å². The topological polar surface area (TPSA) is 46.6 Å². The van der Waals surface area contributed by atoms with Crippen molar-refractivity contribution in [3.8, 4) is 0 Å². The van der Waals surface area contributed by atoms with Gasteiger partial charge in [0.1, 0.15) is 0 Å². The Morgan fingerprint density at radius 1 is 1.04 bits per heavy atom. The smallest absolute Gasteiger partial charge is 0.378 e. The largest absolute Gasteiger partial charge is 0.501 e. The molecule has 2 aliphatic rings. The summed E-state index contributed by atoms with van der Waals surface area (Å²) in [5.41, 5.74) is -4.52. The van der Waals surface area contributed by atoms with Crippen LogP contribution in [-0.2, 0) is 14.6 Å². The average Bonchev–Trinajstić information content (AvgIpc) is 3.08. The third kappa shape index (κ3) is 3.39. The van der Waals surface area contributed by atoms with Crippen molar-refractivity contribution in [3.05, 3.63) is 24.3 Å². The van der Waals surface area contributed by atoms with Crippen LogP contribution in [0.1, 0.15) is 25.7 Å². The van der Waals surface area contributed by atoms with Gasteiger partial charge in [-0.3, -0.25) is 0 Å². The second-order valence-electron chi connectivity index (χ2n) is 6.32. The van der Waals surface area contributed by atoms with Crippen LogP contribution in [0.25, 0.3) is 0 Å². The summed E-state index contributed by atoms with van der Waals surface area (Å²) >= 11 is 0. The van der Waals surface area contributed by atoms with Gasteiger partial charge in [-0.25, -0.2) is 8.42 Å². The number of sulfone groups is 1. The lowest BCUT2D eigenvalue weighted by Crippen LogP contribution is -2.37. The SMILES string of the molecule is O=S(=O)(c1ccc(N2CCC(C3CCCO3)CC2)cc1)C(F)(F)F. The number of alkyl halides is 3. The number of hydrogen-bond donors (Lipinski definition) is 0. The van der Waals surface area contributed by atoms with Crippen LogP contribution in [0.4, 0.5) is 18.9 Å². The molecule has 0 aromatic heterocycles. The van der Waals surface area contributed by atoms with E-state index in [9.17, 15) is 21.6 Å². The van der Waals surface area contributed by atoms with Gasteiger partial charge in [0.2, 0.25) is 0 Å². The maximum absolute atomic E-state index is 12.6. The third-order valence-corrected chi connectivity index (χ3v) is 6.35. The zero-order valence-corrected chi connectivity index (χ0v) is 13.9. The number of halogens is 3. The molecular formula is C16H20F3NO3S. The predicted molar refractivity (Wildman–Crippen MR) is 83.6 cm³/mol. The highest BCUT2D eigenvalue weighted by Gasteiger charge is 2.46. The van der Waals surface area contributed by atoms with E-state index in [1.807, 2.05) is 0 Å². The molecule has 1 atom stereocenters. The van der Waals surface area contributed by atoms with Crippen LogP contribution in [0.2, 0.25) is 0 Å². The summed E-state index contributed by atoms with van der Waals surface area (Å²) in [6.07, 6.45) is 4.52. The first-order valence-electron chi connectivity index (χ1n) is 8.07. The Morgan fingerprint density at radius 2 is 1.67 bits per heavy atom. The van der Waals surface area contributed by atoms with E-state index in [-0.39, 0.29) is 0 Å². The van der Waals surface area contributed by atoms with Crippen molar-refractivity contribution in [2.45, 2.75) is 42.2 Å². The van der Waals surface area contributed by atoms with Crippen molar-refractivity contribution >= 4 is 15.5 Å². The molecule has 0 aliphatic carbocycles. The molecule has 1 unspecified atom stereocenters. The summed E-state index contributed by atoms with van der Waals surface area (Å²) in [6.45, 7) is 2.44. The highest BCUT2D eigenvalue weighted by Crippen LogP contribution is 2.33. The van der Waals surface area contributed by atoms with E-state index in [4.69, 9.17) is 4.74 Å². The summed E-state index contributed by atoms with van der Waals surface area (Å²) in [5, 5.41) is 0. The van der Waals surface area contributed by atoms with E-state index >= 15 is 0 Å². The molecule has 2 aliphatic heterocycles. The minimum atomic E-state index is -5.28. The first-order chi connectivity index (χ1) is 11.3. The Bertz CT molecular complexity index is 659. The molecule has 4 nitrogen and oxygen atoms in total. The molecule has 0 radical (unpaired) electrons. The summed E-state index contributed by atoms with van der Waals surface area (Å²) < 4.78 is 66.1. The Morgan fingerprint density at radius 3 is 2.17 bits per heavy atom. The molecule has 0 spiro atoms. The Labute approximate surface area is 139 Å². The fourth-order valence-corrected chi connectivity index (χ4v) is 4.24. The molecule has 8 heteroatoms. The van der Waals surface area contributed by atoms with E-state index < -0.39 is 20.2 Å². The van der Waals surface area contributed by atoms with E-state index in [0.29, 0.717) is 12.0 Å². The van der Waals surface area contributed by atoms with E-state index in [1.54, 1.807) is 0 Å². The molecule has 0 bridgehead atoms. The second-order valence-corrected chi connectivity index (χ2v) is 8.26. The molecule has 0 N–H and O–H groups in total. The number of anilines is 1. The minimum absolute atomic E-state index is 0.339. The number of nitrogens with zero attached hydrogens (tertiary/aromatic N) is 1. The van der Waals surface area contributed by atoms with Gasteiger partial charge in [-0.15, -0.1) is 0 Å². The van der Waals surface area contributed by atoms with Crippen LogP contribution in [0.3, 0.4) is 0 Å². The zero-order valence-electron chi connectivity index (χ0n) is 13.1. The summed E-state index contributed by atoms with van der Waals surface area (Å²) in [7, 11) is -5.28. The molecule has 0 amide bonds. The van der Waals surface area contributed by atoms with Crippen molar-refractivity contribution in [2.75, 3.05) is 24.6 Å². The summed E-state index contributed by atoms with van der Waals surface area (Å²) in [4.78, 5) is 1.36. The fraction of sp³-hybridized carbons (Fsp3) is 0.625. The molecule has 1 aromatic rings. The molecule has 134 valence electrons. The Balaban J connectivity index is 1.65. The molecule has 2 saturated heterocycles. The number of piperidine rings is 1. The quantitative estimate of drug-likeness (QED) is 0.826. The van der Waals surface area contributed by atoms with Gasteiger partial charge in [0, 0.05) is 25.4 Å². The van der Waals surface area contributed by atoms with Crippen molar-refractivity contribution in [1.82, 2.24) is 0 Å². The maximum Gasteiger partial charge on any atom is 0.501 e. The van der Waals surface area contributed by atoms with Crippen molar-refractivity contribution < 1.29 is 26.3 Å². The molecule has 24 heavy (non-hydrogen) atoms. The van der Waals surface area contributed by atoms with Gasteiger partial charge in [0.05, 0.1) is 11.0 Å². The van der Waals surface area contributed by atoms with Crippen molar-refractivity contribution in [1.29, 1.82) is 0 Å². The van der Waals surface area contributed by atoms with Gasteiger partial charge in [-0.05, 0) is 55.9 Å². The normalized spacial score (nSPS) is 23.6. The van der Waals surface area contributed by atoms with Gasteiger partial charge < -0.3 is 9.64 Å². The minimum Gasteiger partial charge on any atom is -0.378 e. The monoisotopic (exact) mass is 363 g/mol. The van der Waals surface area contributed by atoms with Crippen LogP contribution < -0.4 is 4.90 Å². The first kappa shape index (κ1) is 17.5. The van der Waals surface area contributed by atoms with Crippen molar-refractivity contribution in [2.24, 2.45) is 5.92 Å². The lowest BCUT2D eigenvalue weighted by molar-refractivity contribution is -0.0436. The van der Waals surface area contributed by atoms with Gasteiger partial charge >= 0.3 is 5.51 Å². The second kappa shape index (κ2) is 6.55. The number of rotatable bonds is 3. The van der Waals surface area contributed by atoms with Crippen LogP contribution in [0.5, 0.6) is 0 Å². The van der Waals surface area contributed by atoms with Crippen LogP contribution >= 0.6 is 0 Å². The summed E-state index contributed by atoms with van der Waals surface area (Å²) in [5.74, 6) is 0.536. The molecule has 3 rings (SSSR count).